The van der Waals surface area contributed by atoms with Crippen LogP contribution < -0.4 is 25.4 Å². The first-order valence-electron chi connectivity index (χ1n) is 12.6. The maximum absolute atomic E-state index is 12.6. The highest BCUT2D eigenvalue weighted by atomic mass is 35.5. The number of methoxy groups -OCH3 is 2. The summed E-state index contributed by atoms with van der Waals surface area (Å²) in [6, 6.07) is 11.2. The number of halogens is 4. The van der Waals surface area contributed by atoms with Crippen LogP contribution in [0.25, 0.3) is 22.3 Å². The van der Waals surface area contributed by atoms with Gasteiger partial charge >= 0.3 is 6.18 Å². The average Bonchev–Trinajstić information content (AvgIpc) is 3.41. The number of rotatable bonds is 13. The van der Waals surface area contributed by atoms with E-state index < -0.39 is 12.7 Å². The van der Waals surface area contributed by atoms with E-state index in [0.29, 0.717) is 47.7 Å². The lowest BCUT2D eigenvalue weighted by atomic mass is 10.1. The molecule has 0 atom stereocenters. The fourth-order valence-electron chi connectivity index (χ4n) is 4.13. The average molecular weight is 580 g/mol. The Morgan fingerprint density at radius 3 is 2.40 bits per heavy atom. The topological polar surface area (TPSA) is 103 Å². The molecule has 4 rings (SSSR count). The molecule has 2 aromatic carbocycles. The first kappa shape index (κ1) is 30.9. The largest absolute Gasteiger partial charge is 0.497 e. The van der Waals surface area contributed by atoms with Gasteiger partial charge in [0.2, 0.25) is 0 Å². The van der Waals surface area contributed by atoms with Gasteiger partial charge in [-0.1, -0.05) is 0 Å². The monoisotopic (exact) mass is 579 g/mol. The van der Waals surface area contributed by atoms with Crippen molar-refractivity contribution in [2.24, 2.45) is 5.73 Å². The van der Waals surface area contributed by atoms with Crippen LogP contribution in [0, 0.1) is 0 Å². The number of nitrogens with zero attached hydrogens (tertiary/aromatic N) is 5. The van der Waals surface area contributed by atoms with E-state index in [0.717, 1.165) is 29.9 Å². The second-order valence-electron chi connectivity index (χ2n) is 8.93. The number of hydrogen-bond donors (Lipinski definition) is 2. The molecule has 0 radical (unpaired) electrons. The maximum atomic E-state index is 12.6. The zero-order valence-electron chi connectivity index (χ0n) is 22.3. The third kappa shape index (κ3) is 8.20. The molecule has 2 aromatic heterocycles. The van der Waals surface area contributed by atoms with E-state index in [1.54, 1.807) is 32.7 Å². The van der Waals surface area contributed by atoms with Crippen molar-refractivity contribution in [3.8, 4) is 22.8 Å². The molecular weight excluding hydrogens is 547 g/mol. The van der Waals surface area contributed by atoms with Gasteiger partial charge in [0.1, 0.15) is 11.5 Å². The molecule has 40 heavy (non-hydrogen) atoms. The zero-order chi connectivity index (χ0) is 27.8. The molecule has 9 nitrogen and oxygen atoms in total. The third-order valence-corrected chi connectivity index (χ3v) is 6.07. The Bertz CT molecular complexity index is 1360. The third-order valence-electron chi connectivity index (χ3n) is 6.07. The van der Waals surface area contributed by atoms with Crippen molar-refractivity contribution in [1.82, 2.24) is 25.1 Å². The summed E-state index contributed by atoms with van der Waals surface area (Å²) in [4.78, 5) is 11.4. The minimum absolute atomic E-state index is 0. The van der Waals surface area contributed by atoms with Gasteiger partial charge < -0.3 is 25.4 Å². The Balaban J connectivity index is 0.00000441. The molecule has 0 aliphatic carbocycles. The summed E-state index contributed by atoms with van der Waals surface area (Å²) in [5, 5.41) is 6.84. The molecule has 2 heterocycles. The van der Waals surface area contributed by atoms with Crippen LogP contribution in [0.3, 0.4) is 0 Å². The molecule has 0 amide bonds. The van der Waals surface area contributed by atoms with Crippen molar-refractivity contribution < 1.29 is 22.6 Å². The summed E-state index contributed by atoms with van der Waals surface area (Å²) in [7, 11) is 3.13. The van der Waals surface area contributed by atoms with E-state index >= 15 is 0 Å². The molecule has 0 aliphatic rings. The van der Waals surface area contributed by atoms with Gasteiger partial charge in [0, 0.05) is 54.4 Å². The number of benzene rings is 2. The Morgan fingerprint density at radius 2 is 1.73 bits per heavy atom. The predicted octanol–water partition coefficient (Wildman–Crippen LogP) is 4.96. The summed E-state index contributed by atoms with van der Waals surface area (Å²) in [6.07, 6.45) is 2.40. The van der Waals surface area contributed by atoms with Crippen molar-refractivity contribution in [3.05, 3.63) is 55.0 Å². The van der Waals surface area contributed by atoms with Crippen LogP contribution in [0.4, 0.5) is 24.5 Å². The van der Waals surface area contributed by atoms with E-state index in [4.69, 9.17) is 20.2 Å². The Kier molecular flexibility index (Phi) is 10.9. The molecule has 216 valence electrons. The molecule has 0 saturated heterocycles. The van der Waals surface area contributed by atoms with Crippen LogP contribution in [0.1, 0.15) is 12.8 Å². The second-order valence-corrected chi connectivity index (χ2v) is 8.93. The number of aryl methyl sites for hydroxylation is 1. The number of aromatic nitrogens is 4. The highest BCUT2D eigenvalue weighted by molar-refractivity contribution is 5.85. The van der Waals surface area contributed by atoms with E-state index in [2.05, 4.69) is 15.4 Å². The lowest BCUT2D eigenvalue weighted by Gasteiger charge is -2.26. The van der Waals surface area contributed by atoms with Crippen molar-refractivity contribution >= 4 is 34.8 Å². The minimum Gasteiger partial charge on any atom is -0.497 e. The summed E-state index contributed by atoms with van der Waals surface area (Å²) in [5.41, 5.74) is 10.1. The molecule has 0 saturated carbocycles. The lowest BCUT2D eigenvalue weighted by molar-refractivity contribution is -0.124. The smallest absolute Gasteiger partial charge is 0.401 e. The van der Waals surface area contributed by atoms with Crippen LogP contribution in [0.15, 0.2) is 55.0 Å². The number of anilines is 2. The Morgan fingerprint density at radius 1 is 0.975 bits per heavy atom. The minimum atomic E-state index is -4.25. The number of alkyl halides is 3. The second kappa shape index (κ2) is 14.1. The fraction of sp³-hybridized carbons (Fsp3) is 0.370. The maximum Gasteiger partial charge on any atom is 0.401 e. The van der Waals surface area contributed by atoms with Crippen LogP contribution in [0.5, 0.6) is 11.5 Å². The van der Waals surface area contributed by atoms with E-state index in [1.165, 1.54) is 0 Å². The number of ether oxygens (including phenoxy) is 2. The molecule has 0 bridgehead atoms. The first-order chi connectivity index (χ1) is 18.8. The molecule has 4 aromatic rings. The van der Waals surface area contributed by atoms with E-state index in [9.17, 15) is 13.2 Å². The van der Waals surface area contributed by atoms with Crippen molar-refractivity contribution in [2.45, 2.75) is 25.6 Å². The van der Waals surface area contributed by atoms with Crippen molar-refractivity contribution in [1.29, 1.82) is 0 Å². The molecule has 13 heteroatoms. The standard InChI is InChI=1S/C27H32F3N7O2.ClH/c1-38-22-11-21(12-23(14-22)39-2)37(10-4-8-32-18-27(28,29)30)20-5-6-24-25(13-20)35-26(16-33-24)19-15-34-36(17-19)9-3-7-31;/h5-6,11-17,32H,3-4,7-10,18,31H2,1-2H3;1H. The van der Waals surface area contributed by atoms with E-state index in [-0.39, 0.29) is 19.0 Å². The molecule has 0 unspecified atom stereocenters. The van der Waals surface area contributed by atoms with Gasteiger partial charge in [-0.3, -0.25) is 9.67 Å². The van der Waals surface area contributed by atoms with Gasteiger partial charge in [0.15, 0.2) is 0 Å². The van der Waals surface area contributed by atoms with Crippen molar-refractivity contribution in [3.63, 3.8) is 0 Å². The summed E-state index contributed by atoms with van der Waals surface area (Å²) >= 11 is 0. The molecule has 0 fully saturated rings. The SMILES string of the molecule is COc1cc(OC)cc(N(CCCNCC(F)(F)F)c2ccc3ncc(-c4cnn(CCCN)c4)nc3c2)c1.Cl. The van der Waals surface area contributed by atoms with Crippen LogP contribution in [-0.2, 0) is 6.54 Å². The molecule has 3 N–H and O–H groups in total. The normalized spacial score (nSPS) is 11.3. The number of hydrogen-bond acceptors (Lipinski definition) is 8. The fourth-order valence-corrected chi connectivity index (χ4v) is 4.13. The molecule has 0 spiro atoms. The molecular formula is C27H33ClF3N7O2. The lowest BCUT2D eigenvalue weighted by Crippen LogP contribution is -2.31. The Hall–Kier alpha value is -3.61. The number of nitrogens with one attached hydrogen (secondary N) is 1. The highest BCUT2D eigenvalue weighted by Crippen LogP contribution is 2.34. The zero-order valence-corrected chi connectivity index (χ0v) is 23.1. The number of nitrogens with two attached hydrogens (primary N) is 1. The summed E-state index contributed by atoms with van der Waals surface area (Å²) in [6.45, 7) is 0.911. The number of fused-ring (bicyclic) bond motifs is 1. The van der Waals surface area contributed by atoms with Gasteiger partial charge in [0.25, 0.3) is 0 Å². The Labute approximate surface area is 236 Å². The first-order valence-corrected chi connectivity index (χ1v) is 12.6. The predicted molar refractivity (Wildman–Crippen MR) is 152 cm³/mol. The molecule has 0 aliphatic heterocycles. The van der Waals surface area contributed by atoms with Crippen LogP contribution in [-0.4, -0.2) is 66.3 Å². The van der Waals surface area contributed by atoms with Gasteiger partial charge in [-0.15, -0.1) is 12.4 Å². The van der Waals surface area contributed by atoms with Crippen LogP contribution >= 0.6 is 12.4 Å². The van der Waals surface area contributed by atoms with Gasteiger partial charge in [-0.2, -0.15) is 18.3 Å². The summed E-state index contributed by atoms with van der Waals surface area (Å²) in [5.74, 6) is 1.19. The highest BCUT2D eigenvalue weighted by Gasteiger charge is 2.26. The van der Waals surface area contributed by atoms with Gasteiger partial charge in [0.05, 0.1) is 49.9 Å². The van der Waals surface area contributed by atoms with Gasteiger partial charge in [-0.25, -0.2) is 4.98 Å². The van der Waals surface area contributed by atoms with Crippen molar-refractivity contribution in [2.75, 3.05) is 45.3 Å². The van der Waals surface area contributed by atoms with Gasteiger partial charge in [-0.05, 0) is 44.1 Å². The quantitative estimate of drug-likeness (QED) is 0.214. The summed E-state index contributed by atoms with van der Waals surface area (Å²) < 4.78 is 50.4. The van der Waals surface area contributed by atoms with E-state index in [1.807, 2.05) is 46.1 Å². The van der Waals surface area contributed by atoms with Crippen LogP contribution in [0.2, 0.25) is 0 Å².